The van der Waals surface area contributed by atoms with E-state index in [1.54, 1.807) is 29.9 Å². The Balaban J connectivity index is 1.48. The first-order chi connectivity index (χ1) is 13.9. The Morgan fingerprint density at radius 3 is 2.66 bits per heavy atom. The largest absolute Gasteiger partial charge is 0.489 e. The second-order valence-corrected chi connectivity index (χ2v) is 7.10. The standard InChI is InChI=1S/C20H14F3N3O2S/c21-20(22,23)13-3-1-12(2-4-13)10-28-14-5-6-16-15(7-14)17(8-25-16)26-19(27)18-9-24-11-29-18/h1-9,11,25H,10H2,(H,26,27). The van der Waals surface area contributed by atoms with E-state index in [0.717, 1.165) is 23.0 Å². The number of nitrogens with zero attached hydrogens (tertiary/aromatic N) is 1. The number of halogens is 3. The lowest BCUT2D eigenvalue weighted by molar-refractivity contribution is -0.137. The van der Waals surface area contributed by atoms with Gasteiger partial charge in [-0.2, -0.15) is 13.2 Å². The van der Waals surface area contributed by atoms with Crippen LogP contribution in [0.2, 0.25) is 0 Å². The normalized spacial score (nSPS) is 11.6. The molecule has 2 aromatic carbocycles. The van der Waals surface area contributed by atoms with Crippen LogP contribution in [-0.2, 0) is 12.8 Å². The van der Waals surface area contributed by atoms with E-state index in [0.29, 0.717) is 21.9 Å². The predicted octanol–water partition coefficient (Wildman–Crippen LogP) is 5.47. The van der Waals surface area contributed by atoms with Crippen LogP contribution in [0.15, 0.2) is 60.4 Å². The van der Waals surface area contributed by atoms with Crippen LogP contribution in [0.4, 0.5) is 18.9 Å². The summed E-state index contributed by atoms with van der Waals surface area (Å²) in [5.41, 5.74) is 2.91. The fourth-order valence-corrected chi connectivity index (χ4v) is 3.28. The van der Waals surface area contributed by atoms with Gasteiger partial charge in [0, 0.05) is 17.1 Å². The van der Waals surface area contributed by atoms with Crippen molar-refractivity contribution >= 4 is 33.8 Å². The van der Waals surface area contributed by atoms with E-state index in [2.05, 4.69) is 15.3 Å². The van der Waals surface area contributed by atoms with E-state index in [9.17, 15) is 18.0 Å². The molecule has 0 saturated carbocycles. The maximum absolute atomic E-state index is 12.6. The first-order valence-corrected chi connectivity index (χ1v) is 9.38. The monoisotopic (exact) mass is 417 g/mol. The molecule has 0 radical (unpaired) electrons. The maximum Gasteiger partial charge on any atom is 0.416 e. The average molecular weight is 417 g/mol. The highest BCUT2D eigenvalue weighted by atomic mass is 32.1. The number of amides is 1. The molecule has 2 N–H and O–H groups in total. The summed E-state index contributed by atoms with van der Waals surface area (Å²) in [6.07, 6.45) is -1.19. The maximum atomic E-state index is 12.6. The molecule has 4 rings (SSSR count). The zero-order chi connectivity index (χ0) is 20.4. The van der Waals surface area contributed by atoms with Crippen LogP contribution in [0.25, 0.3) is 10.9 Å². The Morgan fingerprint density at radius 1 is 1.17 bits per heavy atom. The minimum atomic E-state index is -4.36. The molecule has 0 saturated heterocycles. The van der Waals surface area contributed by atoms with Crippen LogP contribution in [0.5, 0.6) is 5.75 Å². The number of nitrogens with one attached hydrogen (secondary N) is 2. The Labute approximate surface area is 167 Å². The van der Waals surface area contributed by atoms with Crippen LogP contribution < -0.4 is 10.1 Å². The van der Waals surface area contributed by atoms with Gasteiger partial charge in [-0.05, 0) is 35.9 Å². The molecule has 148 valence electrons. The lowest BCUT2D eigenvalue weighted by atomic mass is 10.1. The summed E-state index contributed by atoms with van der Waals surface area (Å²) < 4.78 is 43.6. The van der Waals surface area contributed by atoms with Gasteiger partial charge in [0.1, 0.15) is 17.2 Å². The van der Waals surface area contributed by atoms with Crippen LogP contribution in [-0.4, -0.2) is 15.9 Å². The number of H-pyrrole nitrogens is 1. The number of ether oxygens (including phenoxy) is 1. The van der Waals surface area contributed by atoms with E-state index in [4.69, 9.17) is 4.74 Å². The van der Waals surface area contributed by atoms with E-state index in [-0.39, 0.29) is 12.5 Å². The summed E-state index contributed by atoms with van der Waals surface area (Å²) in [7, 11) is 0. The zero-order valence-corrected chi connectivity index (χ0v) is 15.6. The minimum absolute atomic E-state index is 0.122. The van der Waals surface area contributed by atoms with Crippen molar-refractivity contribution in [3.05, 3.63) is 76.4 Å². The van der Waals surface area contributed by atoms with Crippen molar-refractivity contribution in [1.82, 2.24) is 9.97 Å². The van der Waals surface area contributed by atoms with Gasteiger partial charge >= 0.3 is 6.18 Å². The number of aromatic nitrogens is 2. The molecule has 0 aliphatic rings. The fraction of sp³-hybridized carbons (Fsp3) is 0.100. The summed E-state index contributed by atoms with van der Waals surface area (Å²) in [6, 6.07) is 10.1. The van der Waals surface area contributed by atoms with Gasteiger partial charge in [0.2, 0.25) is 0 Å². The molecule has 0 aliphatic carbocycles. The van der Waals surface area contributed by atoms with Gasteiger partial charge in [-0.1, -0.05) is 12.1 Å². The van der Waals surface area contributed by atoms with Gasteiger partial charge in [0.15, 0.2) is 0 Å². The highest BCUT2D eigenvalue weighted by Gasteiger charge is 2.29. The third-order valence-corrected chi connectivity index (χ3v) is 5.02. The number of hydrogen-bond acceptors (Lipinski definition) is 4. The van der Waals surface area contributed by atoms with Crippen molar-refractivity contribution in [2.75, 3.05) is 5.32 Å². The van der Waals surface area contributed by atoms with Crippen LogP contribution in [0, 0.1) is 0 Å². The molecule has 0 atom stereocenters. The van der Waals surface area contributed by atoms with Crippen molar-refractivity contribution in [1.29, 1.82) is 0 Å². The number of hydrogen-bond donors (Lipinski definition) is 2. The number of carbonyl (C=O) groups is 1. The second-order valence-electron chi connectivity index (χ2n) is 6.21. The van der Waals surface area contributed by atoms with Gasteiger partial charge < -0.3 is 15.0 Å². The number of thiazole rings is 1. The fourth-order valence-electron chi connectivity index (χ4n) is 2.76. The lowest BCUT2D eigenvalue weighted by Crippen LogP contribution is -2.09. The van der Waals surface area contributed by atoms with Gasteiger partial charge in [-0.15, -0.1) is 11.3 Å². The minimum Gasteiger partial charge on any atom is -0.489 e. The van der Waals surface area contributed by atoms with Crippen molar-refractivity contribution in [3.8, 4) is 5.75 Å². The van der Waals surface area contributed by atoms with E-state index >= 15 is 0 Å². The molecule has 5 nitrogen and oxygen atoms in total. The van der Waals surface area contributed by atoms with Crippen LogP contribution in [0.3, 0.4) is 0 Å². The van der Waals surface area contributed by atoms with Crippen LogP contribution in [0.1, 0.15) is 20.8 Å². The Morgan fingerprint density at radius 2 is 1.97 bits per heavy atom. The predicted molar refractivity (Wildman–Crippen MR) is 104 cm³/mol. The first kappa shape index (κ1) is 19.0. The molecule has 9 heteroatoms. The summed E-state index contributed by atoms with van der Waals surface area (Å²) in [5, 5.41) is 3.58. The van der Waals surface area contributed by atoms with E-state index in [1.807, 2.05) is 0 Å². The third kappa shape index (κ3) is 4.24. The van der Waals surface area contributed by atoms with Gasteiger partial charge in [0.25, 0.3) is 5.91 Å². The van der Waals surface area contributed by atoms with Gasteiger partial charge in [0.05, 0.1) is 23.0 Å². The molecular weight excluding hydrogens is 403 g/mol. The zero-order valence-electron chi connectivity index (χ0n) is 14.8. The Kier molecular flexibility index (Phi) is 4.98. The highest BCUT2D eigenvalue weighted by Crippen LogP contribution is 2.30. The summed E-state index contributed by atoms with van der Waals surface area (Å²) >= 11 is 1.24. The van der Waals surface area contributed by atoms with Crippen molar-refractivity contribution in [3.63, 3.8) is 0 Å². The number of anilines is 1. The molecule has 0 fully saturated rings. The Bertz CT molecular complexity index is 1140. The average Bonchev–Trinajstić information content (AvgIpc) is 3.36. The summed E-state index contributed by atoms with van der Waals surface area (Å²) in [6.45, 7) is 0.122. The van der Waals surface area contributed by atoms with Crippen molar-refractivity contribution < 1.29 is 22.7 Å². The van der Waals surface area contributed by atoms with Gasteiger partial charge in [-0.3, -0.25) is 9.78 Å². The first-order valence-electron chi connectivity index (χ1n) is 8.50. The second kappa shape index (κ2) is 7.59. The van der Waals surface area contributed by atoms with E-state index in [1.165, 1.54) is 29.7 Å². The topological polar surface area (TPSA) is 67.0 Å². The quantitative estimate of drug-likeness (QED) is 0.452. The number of rotatable bonds is 5. The molecule has 1 amide bonds. The third-order valence-electron chi connectivity index (χ3n) is 4.24. The Hall–Kier alpha value is -3.33. The van der Waals surface area contributed by atoms with Crippen molar-refractivity contribution in [2.24, 2.45) is 0 Å². The molecule has 4 aromatic rings. The summed E-state index contributed by atoms with van der Waals surface area (Å²) in [5.74, 6) is 0.273. The SMILES string of the molecule is O=C(Nc1c[nH]c2ccc(OCc3ccc(C(F)(F)F)cc3)cc12)c1cncs1. The molecular formula is C20H14F3N3O2S. The molecule has 2 aromatic heterocycles. The highest BCUT2D eigenvalue weighted by molar-refractivity contribution is 7.11. The number of carbonyl (C=O) groups excluding carboxylic acids is 1. The van der Waals surface area contributed by atoms with Crippen LogP contribution >= 0.6 is 11.3 Å². The number of benzene rings is 2. The molecule has 0 unspecified atom stereocenters. The number of aromatic amines is 1. The van der Waals surface area contributed by atoms with Crippen molar-refractivity contribution in [2.45, 2.75) is 12.8 Å². The number of fused-ring (bicyclic) bond motifs is 1. The van der Waals surface area contributed by atoms with E-state index < -0.39 is 11.7 Å². The molecule has 0 bridgehead atoms. The molecule has 2 heterocycles. The molecule has 29 heavy (non-hydrogen) atoms. The smallest absolute Gasteiger partial charge is 0.416 e. The number of alkyl halides is 3. The summed E-state index contributed by atoms with van der Waals surface area (Å²) in [4.78, 5) is 19.7. The van der Waals surface area contributed by atoms with Gasteiger partial charge in [-0.25, -0.2) is 0 Å². The molecule has 0 aliphatic heterocycles. The lowest BCUT2D eigenvalue weighted by Gasteiger charge is -2.09. The molecule has 0 spiro atoms.